The highest BCUT2D eigenvalue weighted by atomic mass is 15.1. The van der Waals surface area contributed by atoms with Crippen molar-refractivity contribution in [1.29, 1.82) is 0 Å². The van der Waals surface area contributed by atoms with Crippen LogP contribution < -0.4 is 0 Å². The zero-order chi connectivity index (χ0) is 10.1. The minimum atomic E-state index is 0.667. The summed E-state index contributed by atoms with van der Waals surface area (Å²) in [6.07, 6.45) is 1.07. The zero-order valence-corrected chi connectivity index (χ0v) is 8.96. The van der Waals surface area contributed by atoms with Crippen LogP contribution in [0.5, 0.6) is 0 Å². The van der Waals surface area contributed by atoms with Gasteiger partial charge in [0.1, 0.15) is 0 Å². The molecule has 0 aliphatic carbocycles. The van der Waals surface area contributed by atoms with Crippen molar-refractivity contribution >= 4 is 10.9 Å². The Balaban J connectivity index is 2.47. The molecular weight excluding hydrogens is 172 g/mol. The topological polar surface area (TPSA) is 28.7 Å². The molecule has 1 aromatic carbocycles. The lowest BCUT2D eigenvalue weighted by Gasteiger charge is -2.01. The van der Waals surface area contributed by atoms with E-state index in [0.29, 0.717) is 5.92 Å². The zero-order valence-electron chi connectivity index (χ0n) is 8.96. The number of nitrogens with one attached hydrogen (secondary N) is 1. The Morgan fingerprint density at radius 2 is 2.14 bits per heavy atom. The Kier molecular flexibility index (Phi) is 2.28. The highest BCUT2D eigenvalue weighted by molar-refractivity contribution is 5.81. The van der Waals surface area contributed by atoms with Gasteiger partial charge in [-0.25, -0.2) is 0 Å². The second-order valence-electron chi connectivity index (χ2n) is 4.32. The van der Waals surface area contributed by atoms with Crippen LogP contribution in [0, 0.1) is 12.8 Å². The van der Waals surface area contributed by atoms with Crippen LogP contribution in [-0.4, -0.2) is 10.2 Å². The fourth-order valence-corrected chi connectivity index (χ4v) is 1.74. The van der Waals surface area contributed by atoms with E-state index in [1.807, 2.05) is 0 Å². The molecule has 1 aromatic heterocycles. The summed E-state index contributed by atoms with van der Waals surface area (Å²) in [5.74, 6) is 0.667. The maximum Gasteiger partial charge on any atom is 0.0926 e. The smallest absolute Gasteiger partial charge is 0.0926 e. The van der Waals surface area contributed by atoms with Crippen LogP contribution in [-0.2, 0) is 6.42 Å². The molecule has 14 heavy (non-hydrogen) atoms. The monoisotopic (exact) mass is 188 g/mol. The molecule has 0 amide bonds. The molecule has 0 atom stereocenters. The Morgan fingerprint density at radius 1 is 1.36 bits per heavy atom. The van der Waals surface area contributed by atoms with Crippen LogP contribution in [0.2, 0.25) is 0 Å². The minimum Gasteiger partial charge on any atom is -0.281 e. The van der Waals surface area contributed by atoms with Gasteiger partial charge in [0.25, 0.3) is 0 Å². The molecule has 2 aromatic rings. The van der Waals surface area contributed by atoms with Gasteiger partial charge < -0.3 is 0 Å². The van der Waals surface area contributed by atoms with Crippen molar-refractivity contribution in [3.05, 3.63) is 29.5 Å². The second kappa shape index (κ2) is 3.45. The van der Waals surface area contributed by atoms with Crippen molar-refractivity contribution in [3.8, 4) is 0 Å². The molecule has 1 heterocycles. The molecule has 2 rings (SSSR count). The average Bonchev–Trinajstić information content (AvgIpc) is 2.47. The quantitative estimate of drug-likeness (QED) is 0.770. The van der Waals surface area contributed by atoms with E-state index in [4.69, 9.17) is 0 Å². The summed E-state index contributed by atoms with van der Waals surface area (Å²) in [5.41, 5.74) is 3.61. The first-order valence-electron chi connectivity index (χ1n) is 5.10. The summed E-state index contributed by atoms with van der Waals surface area (Å²) in [4.78, 5) is 0. The van der Waals surface area contributed by atoms with Gasteiger partial charge in [0.15, 0.2) is 0 Å². The van der Waals surface area contributed by atoms with Crippen LogP contribution in [0.25, 0.3) is 10.9 Å². The lowest BCUT2D eigenvalue weighted by molar-refractivity contribution is 0.636. The molecule has 0 radical (unpaired) electrons. The Morgan fingerprint density at radius 3 is 2.86 bits per heavy atom. The number of hydrogen-bond acceptors (Lipinski definition) is 1. The number of aryl methyl sites for hydroxylation is 1. The van der Waals surface area contributed by atoms with Crippen molar-refractivity contribution in [2.24, 2.45) is 5.92 Å². The predicted octanol–water partition coefficient (Wildman–Crippen LogP) is 3.07. The van der Waals surface area contributed by atoms with Crippen molar-refractivity contribution in [2.75, 3.05) is 0 Å². The third-order valence-electron chi connectivity index (χ3n) is 2.40. The molecule has 0 aliphatic rings. The molecule has 0 aliphatic heterocycles. The van der Waals surface area contributed by atoms with E-state index in [1.54, 1.807) is 0 Å². The Labute approximate surface area is 84.3 Å². The van der Waals surface area contributed by atoms with Crippen LogP contribution in [0.4, 0.5) is 0 Å². The first kappa shape index (κ1) is 9.25. The van der Waals surface area contributed by atoms with Crippen molar-refractivity contribution in [3.63, 3.8) is 0 Å². The summed E-state index contributed by atoms with van der Waals surface area (Å²) in [7, 11) is 0. The summed E-state index contributed by atoms with van der Waals surface area (Å²) in [6, 6.07) is 6.42. The molecule has 0 unspecified atom stereocenters. The Hall–Kier alpha value is -1.31. The Bertz CT molecular complexity index is 441. The average molecular weight is 188 g/mol. The van der Waals surface area contributed by atoms with Gasteiger partial charge >= 0.3 is 0 Å². The normalized spacial score (nSPS) is 11.4. The fourth-order valence-electron chi connectivity index (χ4n) is 1.74. The molecule has 1 N–H and O–H groups in total. The third-order valence-corrected chi connectivity index (χ3v) is 2.40. The van der Waals surface area contributed by atoms with Crippen LogP contribution in [0.3, 0.4) is 0 Å². The summed E-state index contributed by atoms with van der Waals surface area (Å²) < 4.78 is 0. The number of rotatable bonds is 2. The summed E-state index contributed by atoms with van der Waals surface area (Å²) >= 11 is 0. The molecule has 0 bridgehead atoms. The molecule has 2 nitrogen and oxygen atoms in total. The predicted molar refractivity (Wildman–Crippen MR) is 59.4 cm³/mol. The van der Waals surface area contributed by atoms with Crippen LogP contribution in [0.15, 0.2) is 18.2 Å². The minimum absolute atomic E-state index is 0.667. The fraction of sp³-hybridized carbons (Fsp3) is 0.417. The van der Waals surface area contributed by atoms with E-state index in [2.05, 4.69) is 49.2 Å². The number of hydrogen-bond donors (Lipinski definition) is 1. The van der Waals surface area contributed by atoms with Gasteiger partial charge in [-0.3, -0.25) is 5.10 Å². The largest absolute Gasteiger partial charge is 0.281 e. The van der Waals surface area contributed by atoms with E-state index in [9.17, 15) is 0 Å². The first-order chi connectivity index (χ1) is 6.66. The van der Waals surface area contributed by atoms with Gasteiger partial charge in [-0.15, -0.1) is 0 Å². The van der Waals surface area contributed by atoms with Gasteiger partial charge in [-0.2, -0.15) is 5.10 Å². The molecule has 0 spiro atoms. The SMILES string of the molecule is Cc1ccc2c(CC(C)C)[nH]nc2c1. The van der Waals surface area contributed by atoms with E-state index in [1.165, 1.54) is 16.6 Å². The lowest BCUT2D eigenvalue weighted by atomic mass is 10.0. The summed E-state index contributed by atoms with van der Waals surface area (Å²) in [6.45, 7) is 6.54. The number of H-pyrrole nitrogens is 1. The lowest BCUT2D eigenvalue weighted by Crippen LogP contribution is -1.94. The van der Waals surface area contributed by atoms with Gasteiger partial charge in [0, 0.05) is 11.1 Å². The molecular formula is C12H16N2. The highest BCUT2D eigenvalue weighted by Gasteiger charge is 2.06. The third kappa shape index (κ3) is 1.65. The highest BCUT2D eigenvalue weighted by Crippen LogP contribution is 2.19. The maximum absolute atomic E-state index is 4.31. The number of aromatic nitrogens is 2. The van der Waals surface area contributed by atoms with Gasteiger partial charge in [0.05, 0.1) is 5.52 Å². The molecule has 74 valence electrons. The molecule has 0 saturated carbocycles. The number of fused-ring (bicyclic) bond motifs is 1. The molecule has 0 fully saturated rings. The standard InChI is InChI=1S/C12H16N2/c1-8(2)6-11-10-5-4-9(3)7-12(10)14-13-11/h4-5,7-8H,6H2,1-3H3,(H,13,14). The van der Waals surface area contributed by atoms with E-state index < -0.39 is 0 Å². The van der Waals surface area contributed by atoms with Crippen molar-refractivity contribution < 1.29 is 0 Å². The van der Waals surface area contributed by atoms with E-state index in [0.717, 1.165) is 11.9 Å². The van der Waals surface area contributed by atoms with Crippen LogP contribution >= 0.6 is 0 Å². The number of nitrogens with zero attached hydrogens (tertiary/aromatic N) is 1. The van der Waals surface area contributed by atoms with Crippen molar-refractivity contribution in [1.82, 2.24) is 10.2 Å². The van der Waals surface area contributed by atoms with Gasteiger partial charge in [0.2, 0.25) is 0 Å². The number of benzene rings is 1. The number of aromatic amines is 1. The summed E-state index contributed by atoms with van der Waals surface area (Å²) in [5, 5.41) is 8.70. The van der Waals surface area contributed by atoms with E-state index >= 15 is 0 Å². The first-order valence-corrected chi connectivity index (χ1v) is 5.10. The van der Waals surface area contributed by atoms with Crippen molar-refractivity contribution in [2.45, 2.75) is 27.2 Å². The maximum atomic E-state index is 4.31. The second-order valence-corrected chi connectivity index (χ2v) is 4.32. The molecule has 2 heteroatoms. The van der Waals surface area contributed by atoms with Gasteiger partial charge in [-0.05, 0) is 30.9 Å². The van der Waals surface area contributed by atoms with E-state index in [-0.39, 0.29) is 0 Å². The molecule has 0 saturated heterocycles. The van der Waals surface area contributed by atoms with Gasteiger partial charge in [-0.1, -0.05) is 26.0 Å². The van der Waals surface area contributed by atoms with Crippen LogP contribution in [0.1, 0.15) is 25.1 Å².